The number of nitrogens with zero attached hydrogens (tertiary/aromatic N) is 1. The second-order valence-electron chi connectivity index (χ2n) is 3.27. The Bertz CT molecular complexity index is 328. The Balaban J connectivity index is 2.55. The van der Waals surface area contributed by atoms with Crippen LogP contribution in [0.5, 0.6) is 0 Å². The fourth-order valence-electron chi connectivity index (χ4n) is 1.27. The van der Waals surface area contributed by atoms with Crippen molar-refractivity contribution in [1.82, 2.24) is 4.90 Å². The Morgan fingerprint density at radius 1 is 1.57 bits per heavy atom. The molecule has 3 nitrogen and oxygen atoms in total. The molecule has 0 fully saturated rings. The van der Waals surface area contributed by atoms with Crippen LogP contribution in [-0.2, 0) is 11.3 Å². The molecule has 2 N–H and O–H groups in total. The number of halogens is 1. The van der Waals surface area contributed by atoms with Crippen LogP contribution in [0.1, 0.15) is 5.56 Å². The zero-order valence-corrected chi connectivity index (χ0v) is 9.62. The first-order chi connectivity index (χ1) is 6.58. The molecular weight excluding hydrogens is 244 g/mol. The van der Waals surface area contributed by atoms with Crippen LogP contribution in [0.4, 0.5) is 0 Å². The number of likely N-dealkylation sites (N-methyl/N-ethyl adjacent to an activating group) is 1. The van der Waals surface area contributed by atoms with Gasteiger partial charge in [-0.2, -0.15) is 0 Å². The minimum atomic E-state index is -0.303. The molecule has 0 bridgehead atoms. The van der Waals surface area contributed by atoms with Crippen LogP contribution in [0.25, 0.3) is 0 Å². The van der Waals surface area contributed by atoms with E-state index in [1.807, 2.05) is 36.2 Å². The molecule has 1 aromatic carbocycles. The standard InChI is InChI=1S/C10H13BrN2O/c1-13(7-10(12)14)6-8-3-2-4-9(11)5-8/h2-5H,6-7H2,1H3,(H2,12,14). The van der Waals surface area contributed by atoms with Crippen molar-refractivity contribution < 1.29 is 4.79 Å². The Morgan fingerprint density at radius 2 is 2.29 bits per heavy atom. The number of hydrogen-bond acceptors (Lipinski definition) is 2. The Labute approximate surface area is 92.0 Å². The number of hydrogen-bond donors (Lipinski definition) is 1. The third-order valence-corrected chi connectivity index (χ3v) is 2.26. The van der Waals surface area contributed by atoms with Crippen LogP contribution in [0.3, 0.4) is 0 Å². The maximum absolute atomic E-state index is 10.6. The molecule has 0 aliphatic carbocycles. The van der Waals surface area contributed by atoms with Crippen molar-refractivity contribution in [3.05, 3.63) is 34.3 Å². The molecule has 0 unspecified atom stereocenters. The van der Waals surface area contributed by atoms with Gasteiger partial charge in [-0.25, -0.2) is 0 Å². The molecule has 4 heteroatoms. The van der Waals surface area contributed by atoms with E-state index in [0.29, 0.717) is 0 Å². The molecule has 14 heavy (non-hydrogen) atoms. The van der Waals surface area contributed by atoms with Gasteiger partial charge in [0.05, 0.1) is 6.54 Å². The zero-order chi connectivity index (χ0) is 10.6. The van der Waals surface area contributed by atoms with Gasteiger partial charge < -0.3 is 5.73 Å². The number of primary amides is 1. The van der Waals surface area contributed by atoms with E-state index in [2.05, 4.69) is 15.9 Å². The monoisotopic (exact) mass is 256 g/mol. The maximum Gasteiger partial charge on any atom is 0.231 e. The fourth-order valence-corrected chi connectivity index (χ4v) is 1.72. The summed E-state index contributed by atoms with van der Waals surface area (Å²) in [6.45, 7) is 1.01. The quantitative estimate of drug-likeness (QED) is 0.885. The second-order valence-corrected chi connectivity index (χ2v) is 4.18. The van der Waals surface area contributed by atoms with Gasteiger partial charge in [-0.1, -0.05) is 28.1 Å². The molecule has 1 rings (SSSR count). The van der Waals surface area contributed by atoms with Crippen molar-refractivity contribution >= 4 is 21.8 Å². The highest BCUT2D eigenvalue weighted by molar-refractivity contribution is 9.10. The Morgan fingerprint density at radius 3 is 2.86 bits per heavy atom. The molecule has 0 saturated carbocycles. The van der Waals surface area contributed by atoms with E-state index in [9.17, 15) is 4.79 Å². The van der Waals surface area contributed by atoms with Crippen LogP contribution < -0.4 is 5.73 Å². The van der Waals surface area contributed by atoms with Crippen molar-refractivity contribution in [2.24, 2.45) is 5.73 Å². The van der Waals surface area contributed by atoms with Gasteiger partial charge >= 0.3 is 0 Å². The van der Waals surface area contributed by atoms with Gasteiger partial charge in [0.15, 0.2) is 0 Å². The summed E-state index contributed by atoms with van der Waals surface area (Å²) >= 11 is 3.39. The fraction of sp³-hybridized carbons (Fsp3) is 0.300. The lowest BCUT2D eigenvalue weighted by Gasteiger charge is -2.14. The Kier molecular flexibility index (Phi) is 4.10. The average Bonchev–Trinajstić information content (AvgIpc) is 2.01. The number of amides is 1. The summed E-state index contributed by atoms with van der Waals surface area (Å²) in [6.07, 6.45) is 0. The number of carbonyl (C=O) groups excluding carboxylic acids is 1. The third kappa shape index (κ3) is 3.89. The summed E-state index contributed by atoms with van der Waals surface area (Å²) in [5.74, 6) is -0.303. The highest BCUT2D eigenvalue weighted by Crippen LogP contribution is 2.12. The molecule has 0 aliphatic heterocycles. The first kappa shape index (κ1) is 11.2. The van der Waals surface area contributed by atoms with Crippen molar-refractivity contribution in [2.45, 2.75) is 6.54 Å². The largest absolute Gasteiger partial charge is 0.369 e. The first-order valence-electron chi connectivity index (χ1n) is 4.29. The van der Waals surface area contributed by atoms with E-state index in [1.165, 1.54) is 0 Å². The molecule has 0 aliphatic rings. The molecule has 1 amide bonds. The molecule has 0 saturated heterocycles. The lowest BCUT2D eigenvalue weighted by molar-refractivity contribution is -0.118. The van der Waals surface area contributed by atoms with Crippen LogP contribution >= 0.6 is 15.9 Å². The summed E-state index contributed by atoms with van der Waals surface area (Å²) in [7, 11) is 1.87. The zero-order valence-electron chi connectivity index (χ0n) is 8.03. The Hall–Kier alpha value is -0.870. The lowest BCUT2D eigenvalue weighted by atomic mass is 10.2. The van der Waals surface area contributed by atoms with Crippen molar-refractivity contribution in [2.75, 3.05) is 13.6 Å². The van der Waals surface area contributed by atoms with E-state index >= 15 is 0 Å². The van der Waals surface area contributed by atoms with Gasteiger partial charge in [-0.3, -0.25) is 9.69 Å². The van der Waals surface area contributed by atoms with Gasteiger partial charge in [0, 0.05) is 11.0 Å². The molecule has 76 valence electrons. The van der Waals surface area contributed by atoms with Crippen LogP contribution in [-0.4, -0.2) is 24.4 Å². The van der Waals surface area contributed by atoms with E-state index in [0.717, 1.165) is 16.6 Å². The number of rotatable bonds is 4. The van der Waals surface area contributed by atoms with E-state index in [4.69, 9.17) is 5.73 Å². The summed E-state index contributed by atoms with van der Waals surface area (Å²) in [4.78, 5) is 12.5. The first-order valence-corrected chi connectivity index (χ1v) is 5.08. The van der Waals surface area contributed by atoms with Gasteiger partial charge in [0.1, 0.15) is 0 Å². The third-order valence-electron chi connectivity index (χ3n) is 1.77. The molecule has 0 aromatic heterocycles. The predicted molar refractivity (Wildman–Crippen MR) is 59.7 cm³/mol. The highest BCUT2D eigenvalue weighted by atomic mass is 79.9. The highest BCUT2D eigenvalue weighted by Gasteiger charge is 2.03. The second kappa shape index (κ2) is 5.12. The smallest absolute Gasteiger partial charge is 0.231 e. The van der Waals surface area contributed by atoms with Gasteiger partial charge in [-0.05, 0) is 24.7 Å². The average molecular weight is 257 g/mol. The summed E-state index contributed by atoms with van der Waals surface area (Å²) in [5.41, 5.74) is 6.24. The number of carbonyl (C=O) groups is 1. The number of nitrogens with two attached hydrogens (primary N) is 1. The van der Waals surface area contributed by atoms with Crippen molar-refractivity contribution in [3.63, 3.8) is 0 Å². The van der Waals surface area contributed by atoms with Gasteiger partial charge in [-0.15, -0.1) is 0 Å². The minimum Gasteiger partial charge on any atom is -0.369 e. The normalized spacial score (nSPS) is 10.5. The minimum absolute atomic E-state index is 0.284. The number of benzene rings is 1. The molecule has 0 spiro atoms. The van der Waals surface area contributed by atoms with Crippen LogP contribution in [0.2, 0.25) is 0 Å². The summed E-state index contributed by atoms with van der Waals surface area (Å²) in [5, 5.41) is 0. The summed E-state index contributed by atoms with van der Waals surface area (Å²) in [6, 6.07) is 7.98. The topological polar surface area (TPSA) is 46.3 Å². The van der Waals surface area contributed by atoms with Crippen LogP contribution in [0, 0.1) is 0 Å². The van der Waals surface area contributed by atoms with E-state index in [1.54, 1.807) is 0 Å². The van der Waals surface area contributed by atoms with Crippen molar-refractivity contribution in [1.29, 1.82) is 0 Å². The molecule has 0 heterocycles. The van der Waals surface area contributed by atoms with Gasteiger partial charge in [0.25, 0.3) is 0 Å². The van der Waals surface area contributed by atoms with E-state index < -0.39 is 0 Å². The molecule has 0 radical (unpaired) electrons. The van der Waals surface area contributed by atoms with Crippen molar-refractivity contribution in [3.8, 4) is 0 Å². The molecule has 0 atom stereocenters. The van der Waals surface area contributed by atoms with Crippen LogP contribution in [0.15, 0.2) is 28.7 Å². The predicted octanol–water partition coefficient (Wildman–Crippen LogP) is 1.37. The van der Waals surface area contributed by atoms with E-state index in [-0.39, 0.29) is 12.5 Å². The molecular formula is C10H13BrN2O. The van der Waals surface area contributed by atoms with Gasteiger partial charge in [0.2, 0.25) is 5.91 Å². The maximum atomic E-state index is 10.6. The lowest BCUT2D eigenvalue weighted by Crippen LogP contribution is -2.30. The SMILES string of the molecule is CN(CC(N)=O)Cc1cccc(Br)c1. The molecule has 1 aromatic rings. The summed E-state index contributed by atoms with van der Waals surface area (Å²) < 4.78 is 1.04.